The first-order valence-corrected chi connectivity index (χ1v) is 8.68. The lowest BCUT2D eigenvalue weighted by Gasteiger charge is -2.27. The van der Waals surface area contributed by atoms with Crippen molar-refractivity contribution >= 4 is 57.6 Å². The number of nitrogens with zero attached hydrogens (tertiary/aromatic N) is 2. The lowest BCUT2D eigenvalue weighted by molar-refractivity contribution is 0.455. The monoisotopic (exact) mass is 487 g/mol. The van der Waals surface area contributed by atoms with Crippen LogP contribution < -0.4 is 5.73 Å². The van der Waals surface area contributed by atoms with Gasteiger partial charge in [0.15, 0.2) is 5.96 Å². The minimum Gasteiger partial charge on any atom is -0.370 e. The molecule has 1 aliphatic heterocycles. The molecular weight excluding hydrogens is 468 g/mol. The standard InChI is InChI=1S/C14H19BrFN3S.HI/c15-12-4-3-11(13(16)10-12)2-1-5-18-14(17)19-6-8-20-9-7-19;/h3-4,10H,1-2,5-9H2,(H2,17,18);1H. The summed E-state index contributed by atoms with van der Waals surface area (Å²) in [7, 11) is 0. The van der Waals surface area contributed by atoms with Crippen LogP contribution in [0.25, 0.3) is 0 Å². The van der Waals surface area contributed by atoms with Gasteiger partial charge in [-0.25, -0.2) is 4.39 Å². The second-order valence-corrected chi connectivity index (χ2v) is 6.82. The van der Waals surface area contributed by atoms with E-state index in [2.05, 4.69) is 25.8 Å². The van der Waals surface area contributed by atoms with Crippen molar-refractivity contribution in [2.45, 2.75) is 12.8 Å². The fourth-order valence-corrected chi connectivity index (χ4v) is 3.32. The van der Waals surface area contributed by atoms with Gasteiger partial charge >= 0.3 is 0 Å². The maximum Gasteiger partial charge on any atom is 0.191 e. The van der Waals surface area contributed by atoms with Crippen molar-refractivity contribution in [2.24, 2.45) is 10.7 Å². The van der Waals surface area contributed by atoms with Gasteiger partial charge in [-0.15, -0.1) is 24.0 Å². The molecule has 2 rings (SSSR count). The van der Waals surface area contributed by atoms with Gasteiger partial charge in [-0.05, 0) is 30.5 Å². The Balaban J connectivity index is 0.00000220. The Bertz CT molecular complexity index is 481. The number of rotatable bonds is 4. The number of hydrogen-bond donors (Lipinski definition) is 1. The van der Waals surface area contributed by atoms with E-state index in [0.29, 0.717) is 18.9 Å². The SMILES string of the molecule is I.NC(=NCCCc1ccc(Br)cc1F)N1CCSCC1. The molecule has 2 N–H and O–H groups in total. The number of nitrogens with two attached hydrogens (primary N) is 1. The van der Waals surface area contributed by atoms with Crippen molar-refractivity contribution in [3.05, 3.63) is 34.1 Å². The van der Waals surface area contributed by atoms with Crippen LogP contribution in [0.2, 0.25) is 0 Å². The molecule has 0 aliphatic carbocycles. The Morgan fingerprint density at radius 2 is 2.10 bits per heavy atom. The van der Waals surface area contributed by atoms with Crippen LogP contribution >= 0.6 is 51.7 Å². The molecule has 0 atom stereocenters. The van der Waals surface area contributed by atoms with Crippen molar-refractivity contribution in [1.29, 1.82) is 0 Å². The highest BCUT2D eigenvalue weighted by Gasteiger charge is 2.11. The smallest absolute Gasteiger partial charge is 0.191 e. The summed E-state index contributed by atoms with van der Waals surface area (Å²) < 4.78 is 14.4. The molecule has 1 aromatic carbocycles. The molecule has 0 spiro atoms. The molecule has 0 aromatic heterocycles. The van der Waals surface area contributed by atoms with E-state index >= 15 is 0 Å². The number of aliphatic imine (C=N–C) groups is 1. The molecule has 7 heteroatoms. The first kappa shape index (κ1) is 19.0. The highest BCUT2D eigenvalue weighted by molar-refractivity contribution is 14.0. The molecule has 1 fully saturated rings. The van der Waals surface area contributed by atoms with Crippen molar-refractivity contribution in [1.82, 2.24) is 4.90 Å². The Morgan fingerprint density at radius 1 is 1.38 bits per heavy atom. The molecular formula is C14H20BrFIN3S. The second-order valence-electron chi connectivity index (χ2n) is 4.68. The number of guanidine groups is 1. The first-order chi connectivity index (χ1) is 9.66. The first-order valence-electron chi connectivity index (χ1n) is 6.73. The number of halogens is 3. The van der Waals surface area contributed by atoms with Crippen LogP contribution in [0.15, 0.2) is 27.7 Å². The maximum absolute atomic E-state index is 13.6. The lowest BCUT2D eigenvalue weighted by Crippen LogP contribution is -2.42. The number of thioether (sulfide) groups is 1. The molecule has 0 unspecified atom stereocenters. The molecule has 0 amide bonds. The van der Waals surface area contributed by atoms with Crippen LogP contribution in [0.1, 0.15) is 12.0 Å². The number of hydrogen-bond acceptors (Lipinski definition) is 2. The van der Waals surface area contributed by atoms with Gasteiger partial charge in [-0.3, -0.25) is 4.99 Å². The summed E-state index contributed by atoms with van der Waals surface area (Å²) in [5.74, 6) is 2.69. The normalized spacial score (nSPS) is 15.7. The van der Waals surface area contributed by atoms with Gasteiger partial charge in [-0.2, -0.15) is 11.8 Å². The molecule has 1 saturated heterocycles. The minimum atomic E-state index is -0.163. The van der Waals surface area contributed by atoms with Crippen molar-refractivity contribution < 1.29 is 4.39 Å². The van der Waals surface area contributed by atoms with E-state index < -0.39 is 0 Å². The van der Waals surface area contributed by atoms with Crippen molar-refractivity contribution in [3.63, 3.8) is 0 Å². The molecule has 1 aromatic rings. The highest BCUT2D eigenvalue weighted by atomic mass is 127. The molecule has 21 heavy (non-hydrogen) atoms. The Hall–Kier alpha value is -0.0200. The zero-order chi connectivity index (χ0) is 14.4. The average molecular weight is 488 g/mol. The van der Waals surface area contributed by atoms with Crippen molar-refractivity contribution in [3.8, 4) is 0 Å². The van der Waals surface area contributed by atoms with Crippen LogP contribution in [0.3, 0.4) is 0 Å². The Kier molecular flexibility index (Phi) is 8.96. The minimum absolute atomic E-state index is 0. The molecule has 1 aliphatic rings. The molecule has 0 saturated carbocycles. The van der Waals surface area contributed by atoms with E-state index in [1.54, 1.807) is 0 Å². The van der Waals surface area contributed by atoms with Gasteiger partial charge in [0.25, 0.3) is 0 Å². The zero-order valence-electron chi connectivity index (χ0n) is 11.7. The quantitative estimate of drug-likeness (QED) is 0.306. The van der Waals surface area contributed by atoms with Gasteiger partial charge < -0.3 is 10.6 Å². The molecule has 118 valence electrons. The zero-order valence-corrected chi connectivity index (χ0v) is 16.5. The summed E-state index contributed by atoms with van der Waals surface area (Å²) in [6.45, 7) is 2.59. The highest BCUT2D eigenvalue weighted by Crippen LogP contribution is 2.16. The third-order valence-electron chi connectivity index (χ3n) is 3.23. The van der Waals surface area contributed by atoms with Gasteiger partial charge in [0.1, 0.15) is 5.82 Å². The summed E-state index contributed by atoms with van der Waals surface area (Å²) in [5.41, 5.74) is 6.70. The maximum atomic E-state index is 13.6. The van der Waals surface area contributed by atoms with E-state index in [9.17, 15) is 4.39 Å². The summed E-state index contributed by atoms with van der Waals surface area (Å²) >= 11 is 5.20. The van der Waals surface area contributed by atoms with E-state index in [-0.39, 0.29) is 29.8 Å². The van der Waals surface area contributed by atoms with Gasteiger partial charge in [0.2, 0.25) is 0 Å². The molecule has 0 bridgehead atoms. The van der Waals surface area contributed by atoms with E-state index in [1.807, 2.05) is 23.9 Å². The van der Waals surface area contributed by atoms with E-state index in [0.717, 1.165) is 41.1 Å². The summed E-state index contributed by atoms with van der Waals surface area (Å²) in [6, 6.07) is 5.17. The van der Waals surface area contributed by atoms with Gasteiger partial charge in [0, 0.05) is 35.6 Å². The van der Waals surface area contributed by atoms with Crippen molar-refractivity contribution in [2.75, 3.05) is 31.1 Å². The second kappa shape index (κ2) is 9.89. The Labute approximate surface area is 155 Å². The van der Waals surface area contributed by atoms with Gasteiger partial charge in [0.05, 0.1) is 0 Å². The molecule has 1 heterocycles. The fraction of sp³-hybridized carbons (Fsp3) is 0.500. The number of aryl methyl sites for hydroxylation is 1. The number of benzene rings is 1. The van der Waals surface area contributed by atoms with Gasteiger partial charge in [-0.1, -0.05) is 22.0 Å². The largest absolute Gasteiger partial charge is 0.370 e. The average Bonchev–Trinajstić information content (AvgIpc) is 2.46. The van der Waals surface area contributed by atoms with E-state index in [4.69, 9.17) is 5.73 Å². The third-order valence-corrected chi connectivity index (χ3v) is 4.66. The predicted molar refractivity (Wildman–Crippen MR) is 103 cm³/mol. The van der Waals surface area contributed by atoms with Crippen LogP contribution in [-0.2, 0) is 6.42 Å². The molecule has 0 radical (unpaired) electrons. The lowest BCUT2D eigenvalue weighted by atomic mass is 10.1. The molecule has 3 nitrogen and oxygen atoms in total. The predicted octanol–water partition coefficient (Wildman–Crippen LogP) is 3.50. The summed E-state index contributed by atoms with van der Waals surface area (Å²) in [4.78, 5) is 6.51. The fourth-order valence-electron chi connectivity index (χ4n) is 2.08. The van der Waals surface area contributed by atoms with Crippen LogP contribution in [-0.4, -0.2) is 42.0 Å². The van der Waals surface area contributed by atoms with E-state index in [1.165, 1.54) is 6.07 Å². The Morgan fingerprint density at radius 3 is 2.76 bits per heavy atom. The third kappa shape index (κ3) is 6.32. The van der Waals surface area contributed by atoms with Crippen LogP contribution in [0.5, 0.6) is 0 Å². The topological polar surface area (TPSA) is 41.6 Å². The summed E-state index contributed by atoms with van der Waals surface area (Å²) in [5, 5.41) is 0. The summed E-state index contributed by atoms with van der Waals surface area (Å²) in [6.07, 6.45) is 1.49. The van der Waals surface area contributed by atoms with Crippen LogP contribution in [0, 0.1) is 5.82 Å². The van der Waals surface area contributed by atoms with Crippen LogP contribution in [0.4, 0.5) is 4.39 Å².